The highest BCUT2D eigenvalue weighted by Gasteiger charge is 2.09. The van der Waals surface area contributed by atoms with Crippen LogP contribution in [0.5, 0.6) is 5.75 Å². The molecule has 0 aliphatic carbocycles. The van der Waals surface area contributed by atoms with Crippen LogP contribution in [0.15, 0.2) is 42.6 Å². The van der Waals surface area contributed by atoms with Crippen molar-refractivity contribution in [3.05, 3.63) is 53.3 Å². The van der Waals surface area contributed by atoms with E-state index in [2.05, 4.69) is 17.2 Å². The van der Waals surface area contributed by atoms with Gasteiger partial charge in [0.25, 0.3) is 0 Å². The van der Waals surface area contributed by atoms with Gasteiger partial charge in [-0.3, -0.25) is 4.98 Å². The summed E-state index contributed by atoms with van der Waals surface area (Å²) in [5, 5.41) is 3.99. The minimum Gasteiger partial charge on any atom is -0.489 e. The second kappa shape index (κ2) is 6.62. The Morgan fingerprint density at radius 3 is 2.55 bits per heavy atom. The molecule has 106 valence electrons. The number of aromatic nitrogens is 1. The SMILES string of the molecule is CC(C)Oc1ccc(NC(C)c2ccccn2)cc1Cl. The summed E-state index contributed by atoms with van der Waals surface area (Å²) in [5.74, 6) is 0.706. The summed E-state index contributed by atoms with van der Waals surface area (Å²) in [6, 6.07) is 11.7. The minimum absolute atomic E-state index is 0.110. The molecule has 0 bridgehead atoms. The van der Waals surface area contributed by atoms with Crippen LogP contribution < -0.4 is 10.1 Å². The molecule has 1 atom stereocenters. The molecule has 2 aromatic rings. The molecule has 1 aromatic heterocycles. The van der Waals surface area contributed by atoms with Crippen LogP contribution >= 0.6 is 11.6 Å². The van der Waals surface area contributed by atoms with Crippen molar-refractivity contribution in [2.24, 2.45) is 0 Å². The molecule has 0 aliphatic rings. The number of hydrogen-bond acceptors (Lipinski definition) is 3. The number of ether oxygens (including phenoxy) is 1. The van der Waals surface area contributed by atoms with Gasteiger partial charge in [0.05, 0.1) is 22.9 Å². The number of hydrogen-bond donors (Lipinski definition) is 1. The molecule has 0 saturated heterocycles. The van der Waals surface area contributed by atoms with E-state index in [9.17, 15) is 0 Å². The fourth-order valence-electron chi connectivity index (χ4n) is 1.90. The first-order valence-corrected chi connectivity index (χ1v) is 7.07. The molecule has 1 N–H and O–H groups in total. The van der Waals surface area contributed by atoms with Crippen LogP contribution in [-0.2, 0) is 0 Å². The molecule has 2 rings (SSSR count). The van der Waals surface area contributed by atoms with Gasteiger partial charge in [-0.1, -0.05) is 17.7 Å². The largest absolute Gasteiger partial charge is 0.489 e. The van der Waals surface area contributed by atoms with Gasteiger partial charge in [-0.05, 0) is 51.1 Å². The summed E-state index contributed by atoms with van der Waals surface area (Å²) in [5.41, 5.74) is 1.94. The summed E-state index contributed by atoms with van der Waals surface area (Å²) >= 11 is 6.22. The van der Waals surface area contributed by atoms with Crippen LogP contribution in [0.3, 0.4) is 0 Å². The summed E-state index contributed by atoms with van der Waals surface area (Å²) < 4.78 is 5.62. The molecule has 0 aliphatic heterocycles. The number of nitrogens with zero attached hydrogens (tertiary/aromatic N) is 1. The number of nitrogens with one attached hydrogen (secondary N) is 1. The van der Waals surface area contributed by atoms with E-state index < -0.39 is 0 Å². The minimum atomic E-state index is 0.110. The highest BCUT2D eigenvalue weighted by Crippen LogP contribution is 2.29. The summed E-state index contributed by atoms with van der Waals surface area (Å²) in [7, 11) is 0. The van der Waals surface area contributed by atoms with Gasteiger partial charge in [-0.25, -0.2) is 0 Å². The summed E-state index contributed by atoms with van der Waals surface area (Å²) in [4.78, 5) is 4.33. The smallest absolute Gasteiger partial charge is 0.138 e. The van der Waals surface area contributed by atoms with Gasteiger partial charge in [-0.2, -0.15) is 0 Å². The third-order valence-electron chi connectivity index (χ3n) is 2.81. The topological polar surface area (TPSA) is 34.1 Å². The zero-order chi connectivity index (χ0) is 14.5. The zero-order valence-corrected chi connectivity index (χ0v) is 12.7. The third kappa shape index (κ3) is 3.87. The number of anilines is 1. The molecule has 3 nitrogen and oxygen atoms in total. The Bertz CT molecular complexity index is 558. The lowest BCUT2D eigenvalue weighted by atomic mass is 10.2. The maximum Gasteiger partial charge on any atom is 0.138 e. The van der Waals surface area contributed by atoms with Crippen molar-refractivity contribution in [3.8, 4) is 5.75 Å². The average molecular weight is 291 g/mol. The molecule has 0 saturated carbocycles. The normalized spacial score (nSPS) is 12.2. The first kappa shape index (κ1) is 14.7. The second-order valence-electron chi connectivity index (χ2n) is 4.93. The van der Waals surface area contributed by atoms with Crippen LogP contribution in [0.4, 0.5) is 5.69 Å². The molecule has 20 heavy (non-hydrogen) atoms. The van der Waals surface area contributed by atoms with Gasteiger partial charge in [0.1, 0.15) is 5.75 Å². The quantitative estimate of drug-likeness (QED) is 0.867. The monoisotopic (exact) mass is 290 g/mol. The lowest BCUT2D eigenvalue weighted by molar-refractivity contribution is 0.242. The lowest BCUT2D eigenvalue weighted by Gasteiger charge is -2.16. The van der Waals surface area contributed by atoms with Crippen LogP contribution in [0.25, 0.3) is 0 Å². The van der Waals surface area contributed by atoms with E-state index in [1.807, 2.05) is 50.2 Å². The van der Waals surface area contributed by atoms with Gasteiger partial charge in [-0.15, -0.1) is 0 Å². The van der Waals surface area contributed by atoms with Crippen LogP contribution in [0.1, 0.15) is 32.5 Å². The number of benzene rings is 1. The molecule has 0 fully saturated rings. The Balaban J connectivity index is 2.09. The van der Waals surface area contributed by atoms with Crippen molar-refractivity contribution in [1.82, 2.24) is 4.98 Å². The predicted molar refractivity (Wildman–Crippen MR) is 83.5 cm³/mol. The van der Waals surface area contributed by atoms with Crippen molar-refractivity contribution >= 4 is 17.3 Å². The standard InChI is InChI=1S/C16H19ClN2O/c1-11(2)20-16-8-7-13(10-14(16)17)19-12(3)15-6-4-5-9-18-15/h4-12,19H,1-3H3. The Morgan fingerprint density at radius 1 is 1.15 bits per heavy atom. The highest BCUT2D eigenvalue weighted by atomic mass is 35.5. The predicted octanol–water partition coefficient (Wildman–Crippen LogP) is 4.70. The van der Waals surface area contributed by atoms with Crippen molar-refractivity contribution in [3.63, 3.8) is 0 Å². The molecule has 4 heteroatoms. The highest BCUT2D eigenvalue weighted by molar-refractivity contribution is 6.32. The summed E-state index contributed by atoms with van der Waals surface area (Å²) in [6.45, 7) is 6.02. The molecule has 1 unspecified atom stereocenters. The van der Waals surface area contributed by atoms with E-state index >= 15 is 0 Å². The van der Waals surface area contributed by atoms with Crippen molar-refractivity contribution in [2.45, 2.75) is 32.9 Å². The molecular weight excluding hydrogens is 272 g/mol. The van der Waals surface area contributed by atoms with Gasteiger partial charge >= 0.3 is 0 Å². The van der Waals surface area contributed by atoms with E-state index in [1.54, 1.807) is 6.20 Å². The molecule has 1 heterocycles. The molecule has 1 aromatic carbocycles. The Kier molecular flexibility index (Phi) is 4.85. The Labute approximate surface area is 124 Å². The fraction of sp³-hybridized carbons (Fsp3) is 0.312. The first-order valence-electron chi connectivity index (χ1n) is 6.70. The molecule has 0 amide bonds. The second-order valence-corrected chi connectivity index (χ2v) is 5.34. The number of rotatable bonds is 5. The van der Waals surface area contributed by atoms with Crippen LogP contribution in [-0.4, -0.2) is 11.1 Å². The number of pyridine rings is 1. The van der Waals surface area contributed by atoms with E-state index in [0.29, 0.717) is 10.8 Å². The maximum atomic E-state index is 6.22. The van der Waals surface area contributed by atoms with Gasteiger partial charge < -0.3 is 10.1 Å². The molecular formula is C16H19ClN2O. The van der Waals surface area contributed by atoms with Gasteiger partial charge in [0.15, 0.2) is 0 Å². The maximum absolute atomic E-state index is 6.22. The lowest BCUT2D eigenvalue weighted by Crippen LogP contribution is -2.09. The number of halogens is 1. The van der Waals surface area contributed by atoms with Crippen molar-refractivity contribution in [2.75, 3.05) is 5.32 Å². The van der Waals surface area contributed by atoms with Crippen LogP contribution in [0, 0.1) is 0 Å². The fourth-order valence-corrected chi connectivity index (χ4v) is 2.12. The third-order valence-corrected chi connectivity index (χ3v) is 3.10. The van der Waals surface area contributed by atoms with E-state index in [1.165, 1.54) is 0 Å². The van der Waals surface area contributed by atoms with E-state index in [4.69, 9.17) is 16.3 Å². The van der Waals surface area contributed by atoms with Crippen molar-refractivity contribution in [1.29, 1.82) is 0 Å². The van der Waals surface area contributed by atoms with Crippen LogP contribution in [0.2, 0.25) is 5.02 Å². The van der Waals surface area contributed by atoms with E-state index in [-0.39, 0.29) is 12.1 Å². The summed E-state index contributed by atoms with van der Waals surface area (Å²) in [6.07, 6.45) is 1.90. The molecule has 0 spiro atoms. The average Bonchev–Trinajstić information content (AvgIpc) is 2.42. The van der Waals surface area contributed by atoms with Gasteiger partial charge in [0.2, 0.25) is 0 Å². The Hall–Kier alpha value is -1.74. The van der Waals surface area contributed by atoms with Gasteiger partial charge in [0, 0.05) is 11.9 Å². The Morgan fingerprint density at radius 2 is 1.95 bits per heavy atom. The molecule has 0 radical (unpaired) electrons. The zero-order valence-electron chi connectivity index (χ0n) is 11.9. The van der Waals surface area contributed by atoms with Crippen molar-refractivity contribution < 1.29 is 4.74 Å². The first-order chi connectivity index (χ1) is 9.56. The van der Waals surface area contributed by atoms with E-state index in [0.717, 1.165) is 11.4 Å².